The van der Waals surface area contributed by atoms with Crippen molar-refractivity contribution in [3.63, 3.8) is 0 Å². The number of unbranched alkanes of at least 4 members (excludes halogenated alkanes) is 19. The van der Waals surface area contributed by atoms with E-state index in [0.717, 1.165) is 6.42 Å². The van der Waals surface area contributed by atoms with Crippen LogP contribution in [-0.4, -0.2) is 12.6 Å². The maximum atomic E-state index is 12.1. The minimum absolute atomic E-state index is 0.0374. The summed E-state index contributed by atoms with van der Waals surface area (Å²) in [5.41, 5.74) is 0. The quantitative estimate of drug-likeness (QED) is 0.0888. The fourth-order valence-corrected chi connectivity index (χ4v) is 4.76. The average Bonchev–Trinajstić information content (AvgIpc) is 2.82. The van der Waals surface area contributed by atoms with Crippen molar-refractivity contribution >= 4 is 5.97 Å². The van der Waals surface area contributed by atoms with E-state index in [0.29, 0.717) is 18.9 Å². The van der Waals surface area contributed by atoms with Gasteiger partial charge in [0.05, 0.1) is 6.61 Å². The molecule has 0 radical (unpaired) electrons. The van der Waals surface area contributed by atoms with Gasteiger partial charge in [-0.2, -0.15) is 0 Å². The van der Waals surface area contributed by atoms with E-state index in [9.17, 15) is 4.79 Å². The van der Waals surface area contributed by atoms with Gasteiger partial charge >= 0.3 is 5.97 Å². The highest BCUT2D eigenvalue weighted by Gasteiger charge is 2.11. The fraction of sp³-hybridized carbons (Fsp3) is 0.968. The Hall–Kier alpha value is -0.530. The molecule has 198 valence electrons. The van der Waals surface area contributed by atoms with E-state index < -0.39 is 0 Å². The molecule has 0 saturated carbocycles. The van der Waals surface area contributed by atoms with Gasteiger partial charge in [-0.05, 0) is 25.2 Å². The third-order valence-corrected chi connectivity index (χ3v) is 7.15. The molecule has 1 unspecified atom stereocenters. The number of esters is 1. The zero-order valence-electron chi connectivity index (χ0n) is 23.3. The van der Waals surface area contributed by atoms with E-state index in [1.807, 2.05) is 0 Å². The van der Waals surface area contributed by atoms with Crippen molar-refractivity contribution in [3.05, 3.63) is 0 Å². The molecule has 2 nitrogen and oxygen atoms in total. The molecule has 0 heterocycles. The summed E-state index contributed by atoms with van der Waals surface area (Å²) < 4.78 is 5.64. The third-order valence-electron chi connectivity index (χ3n) is 7.15. The first-order valence-electron chi connectivity index (χ1n) is 15.4. The Bertz CT molecular complexity index is 379. The van der Waals surface area contributed by atoms with Crippen LogP contribution < -0.4 is 0 Å². The van der Waals surface area contributed by atoms with Crippen LogP contribution in [0.25, 0.3) is 0 Å². The second-order valence-electron chi connectivity index (χ2n) is 10.6. The van der Waals surface area contributed by atoms with Crippen LogP contribution >= 0.6 is 0 Å². The number of carbonyl (C=O) groups excluding carboxylic acids is 1. The molecule has 0 aromatic heterocycles. The van der Waals surface area contributed by atoms with Crippen LogP contribution in [-0.2, 0) is 9.53 Å². The lowest BCUT2D eigenvalue weighted by Gasteiger charge is -2.16. The smallest absolute Gasteiger partial charge is 0.305 e. The van der Waals surface area contributed by atoms with Gasteiger partial charge < -0.3 is 4.74 Å². The number of hydrogen-bond acceptors (Lipinski definition) is 2. The molecule has 0 aliphatic heterocycles. The van der Waals surface area contributed by atoms with E-state index in [-0.39, 0.29) is 5.97 Å². The zero-order chi connectivity index (χ0) is 24.2. The molecule has 1 atom stereocenters. The summed E-state index contributed by atoms with van der Waals surface area (Å²) in [4.78, 5) is 12.1. The lowest BCUT2D eigenvalue weighted by atomic mass is 9.96. The zero-order valence-corrected chi connectivity index (χ0v) is 23.3. The Morgan fingerprint density at radius 2 is 0.848 bits per heavy atom. The Balaban J connectivity index is 3.46. The first-order valence-corrected chi connectivity index (χ1v) is 15.4. The predicted octanol–water partition coefficient (Wildman–Crippen LogP) is 11.0. The van der Waals surface area contributed by atoms with Gasteiger partial charge in [0.25, 0.3) is 0 Å². The predicted molar refractivity (Wildman–Crippen MR) is 147 cm³/mol. The van der Waals surface area contributed by atoms with E-state index >= 15 is 0 Å². The molecule has 0 bridgehead atoms. The van der Waals surface area contributed by atoms with Gasteiger partial charge in [-0.1, -0.05) is 156 Å². The minimum Gasteiger partial charge on any atom is -0.465 e. The largest absolute Gasteiger partial charge is 0.465 e. The lowest BCUT2D eigenvalue weighted by Crippen LogP contribution is -2.14. The third kappa shape index (κ3) is 25.9. The molecule has 0 aliphatic rings. The van der Waals surface area contributed by atoms with Crippen molar-refractivity contribution in [2.24, 2.45) is 5.92 Å². The fourth-order valence-electron chi connectivity index (χ4n) is 4.76. The van der Waals surface area contributed by atoms with Gasteiger partial charge in [-0.25, -0.2) is 0 Å². The van der Waals surface area contributed by atoms with E-state index in [1.54, 1.807) is 0 Å². The first-order chi connectivity index (χ1) is 16.2. The molecular formula is C31H62O2. The Morgan fingerprint density at radius 3 is 1.30 bits per heavy atom. The summed E-state index contributed by atoms with van der Waals surface area (Å²) in [6.07, 6.45) is 32.7. The van der Waals surface area contributed by atoms with Gasteiger partial charge in [0.2, 0.25) is 0 Å². The number of carbonyl (C=O) groups is 1. The Kier molecular flexibility index (Phi) is 27.3. The van der Waals surface area contributed by atoms with Crippen molar-refractivity contribution < 1.29 is 9.53 Å². The summed E-state index contributed by atoms with van der Waals surface area (Å²) >= 11 is 0. The van der Waals surface area contributed by atoms with Gasteiger partial charge in [-0.15, -0.1) is 0 Å². The minimum atomic E-state index is 0.0374. The van der Waals surface area contributed by atoms with Crippen LogP contribution in [0.1, 0.15) is 181 Å². The lowest BCUT2D eigenvalue weighted by molar-refractivity contribution is -0.145. The van der Waals surface area contributed by atoms with Gasteiger partial charge in [0.15, 0.2) is 0 Å². The maximum Gasteiger partial charge on any atom is 0.305 e. The molecule has 0 aromatic carbocycles. The monoisotopic (exact) mass is 466 g/mol. The first kappa shape index (κ1) is 32.5. The molecule has 0 N–H and O–H groups in total. The Labute approximate surface area is 209 Å². The molecule has 2 heteroatoms. The van der Waals surface area contributed by atoms with E-state index in [1.165, 1.54) is 148 Å². The van der Waals surface area contributed by atoms with E-state index in [4.69, 9.17) is 4.74 Å². The summed E-state index contributed by atoms with van der Waals surface area (Å²) in [5.74, 6) is 0.618. The number of hydrogen-bond donors (Lipinski definition) is 0. The normalized spacial score (nSPS) is 12.2. The average molecular weight is 467 g/mol. The molecular weight excluding hydrogens is 404 g/mol. The maximum absolute atomic E-state index is 12.1. The molecule has 0 aromatic rings. The van der Waals surface area contributed by atoms with Crippen molar-refractivity contribution in [2.45, 2.75) is 181 Å². The highest BCUT2D eigenvalue weighted by molar-refractivity contribution is 5.69. The van der Waals surface area contributed by atoms with Crippen LogP contribution in [0.3, 0.4) is 0 Å². The van der Waals surface area contributed by atoms with Crippen molar-refractivity contribution in [1.29, 1.82) is 0 Å². The number of rotatable bonds is 27. The summed E-state index contributed by atoms with van der Waals surface area (Å²) in [6, 6.07) is 0. The van der Waals surface area contributed by atoms with Crippen molar-refractivity contribution in [1.82, 2.24) is 0 Å². The highest BCUT2D eigenvalue weighted by Crippen LogP contribution is 2.19. The topological polar surface area (TPSA) is 26.3 Å². The molecule has 0 aliphatic carbocycles. The second-order valence-corrected chi connectivity index (χ2v) is 10.6. The van der Waals surface area contributed by atoms with Crippen LogP contribution in [0.2, 0.25) is 0 Å². The molecule has 0 amide bonds. The number of ether oxygens (including phenoxy) is 1. The van der Waals surface area contributed by atoms with Crippen molar-refractivity contribution in [2.75, 3.05) is 6.61 Å². The van der Waals surface area contributed by atoms with Crippen LogP contribution in [0.4, 0.5) is 0 Å². The van der Waals surface area contributed by atoms with Crippen LogP contribution in [0, 0.1) is 5.92 Å². The van der Waals surface area contributed by atoms with Gasteiger partial charge in [-0.3, -0.25) is 4.79 Å². The molecule has 0 fully saturated rings. The molecule has 0 spiro atoms. The summed E-state index contributed by atoms with van der Waals surface area (Å²) in [6.45, 7) is 7.45. The highest BCUT2D eigenvalue weighted by atomic mass is 16.5. The van der Waals surface area contributed by atoms with E-state index in [2.05, 4.69) is 20.8 Å². The summed E-state index contributed by atoms with van der Waals surface area (Å²) in [5, 5.41) is 0. The Morgan fingerprint density at radius 1 is 0.485 bits per heavy atom. The summed E-state index contributed by atoms with van der Waals surface area (Å²) in [7, 11) is 0. The van der Waals surface area contributed by atoms with Crippen LogP contribution in [0.5, 0.6) is 0 Å². The second kappa shape index (κ2) is 27.7. The van der Waals surface area contributed by atoms with Crippen LogP contribution in [0.15, 0.2) is 0 Å². The SMILES string of the molecule is CCCCCCCCCCCCCCCCCCC(=O)OCC(CCCC)CCCCCC. The molecule has 0 saturated heterocycles. The van der Waals surface area contributed by atoms with Crippen molar-refractivity contribution in [3.8, 4) is 0 Å². The van der Waals surface area contributed by atoms with Gasteiger partial charge in [0.1, 0.15) is 0 Å². The van der Waals surface area contributed by atoms with Gasteiger partial charge in [0, 0.05) is 6.42 Å². The standard InChI is InChI=1S/C31H62O2/c1-4-7-10-12-13-14-15-16-17-18-19-20-21-22-23-25-28-31(32)33-29-30(26-9-6-3)27-24-11-8-5-2/h30H,4-29H2,1-3H3. The molecule has 33 heavy (non-hydrogen) atoms. The molecule has 0 rings (SSSR count).